The summed E-state index contributed by atoms with van der Waals surface area (Å²) < 4.78 is 27.6. The van der Waals surface area contributed by atoms with Crippen LogP contribution < -0.4 is 5.32 Å². The molecule has 0 radical (unpaired) electrons. The molecule has 0 spiro atoms. The molecule has 1 rings (SSSR count). The van der Waals surface area contributed by atoms with Crippen LogP contribution in [0.3, 0.4) is 0 Å². The summed E-state index contributed by atoms with van der Waals surface area (Å²) in [6.07, 6.45) is 1.76. The maximum absolute atomic E-state index is 11.3. The third-order valence-corrected chi connectivity index (χ3v) is 3.88. The van der Waals surface area contributed by atoms with Gasteiger partial charge < -0.3 is 9.84 Å². The number of nitrogens with one attached hydrogen (secondary N) is 1. The topological polar surface area (TPSA) is 85.1 Å². The Kier molecular flexibility index (Phi) is 4.64. The summed E-state index contributed by atoms with van der Waals surface area (Å²) in [7, 11) is -3.18. The number of aromatic nitrogens is 2. The zero-order valence-corrected chi connectivity index (χ0v) is 11.4. The Morgan fingerprint density at radius 3 is 2.53 bits per heavy atom. The van der Waals surface area contributed by atoms with Crippen molar-refractivity contribution in [1.29, 1.82) is 0 Å². The molecular weight excluding hydrogens is 242 g/mol. The minimum Gasteiger partial charge on any atom is -0.339 e. The van der Waals surface area contributed by atoms with Gasteiger partial charge in [0.15, 0.2) is 15.7 Å². The molecule has 0 aliphatic rings. The van der Waals surface area contributed by atoms with Crippen molar-refractivity contribution in [2.75, 3.05) is 12.8 Å². The number of nitrogens with zero attached hydrogens (tertiary/aromatic N) is 2. The Hall–Kier alpha value is -0.950. The lowest BCUT2D eigenvalue weighted by Gasteiger charge is -2.04. The number of hydrogen-bond acceptors (Lipinski definition) is 6. The fourth-order valence-electron chi connectivity index (χ4n) is 1.19. The molecule has 6 nitrogen and oxygen atoms in total. The van der Waals surface area contributed by atoms with Gasteiger partial charge in [0.1, 0.15) is 5.25 Å². The molecule has 0 saturated heterocycles. The third kappa shape index (κ3) is 4.43. The standard InChI is InChI=1S/C10H19N3O3S/c1-7(2)11-6-5-9-12-10(13-16-9)8(3)17(4,14)15/h7-8,11H,5-6H2,1-4H3. The van der Waals surface area contributed by atoms with Gasteiger partial charge in [-0.2, -0.15) is 4.98 Å². The minimum absolute atomic E-state index is 0.229. The van der Waals surface area contributed by atoms with Crippen LogP contribution in [0.2, 0.25) is 0 Å². The molecule has 17 heavy (non-hydrogen) atoms. The third-order valence-electron chi connectivity index (χ3n) is 2.38. The molecular formula is C10H19N3O3S. The van der Waals surface area contributed by atoms with E-state index in [1.807, 2.05) is 13.8 Å². The maximum Gasteiger partial charge on any atom is 0.227 e. The van der Waals surface area contributed by atoms with E-state index in [2.05, 4.69) is 15.5 Å². The highest BCUT2D eigenvalue weighted by atomic mass is 32.2. The van der Waals surface area contributed by atoms with Gasteiger partial charge in [0.25, 0.3) is 0 Å². The second kappa shape index (κ2) is 5.59. The van der Waals surface area contributed by atoms with Crippen LogP contribution >= 0.6 is 0 Å². The zero-order chi connectivity index (χ0) is 13.1. The second-order valence-electron chi connectivity index (χ2n) is 4.38. The van der Waals surface area contributed by atoms with Crippen LogP contribution in [-0.4, -0.2) is 37.4 Å². The van der Waals surface area contributed by atoms with Crippen LogP contribution in [0.15, 0.2) is 4.52 Å². The largest absolute Gasteiger partial charge is 0.339 e. The first kappa shape index (κ1) is 14.1. The van der Waals surface area contributed by atoms with Crippen molar-refractivity contribution >= 4 is 9.84 Å². The number of sulfone groups is 1. The molecule has 0 aliphatic heterocycles. The van der Waals surface area contributed by atoms with E-state index in [9.17, 15) is 8.42 Å². The van der Waals surface area contributed by atoms with Gasteiger partial charge in [0.05, 0.1) is 0 Å². The van der Waals surface area contributed by atoms with Crippen molar-refractivity contribution in [3.8, 4) is 0 Å². The number of hydrogen-bond donors (Lipinski definition) is 1. The molecule has 1 unspecified atom stereocenters. The average Bonchev–Trinajstić information content (AvgIpc) is 2.63. The van der Waals surface area contributed by atoms with Crippen LogP contribution in [0.1, 0.15) is 37.7 Å². The molecule has 0 aliphatic carbocycles. The molecule has 1 aromatic heterocycles. The van der Waals surface area contributed by atoms with Crippen molar-refractivity contribution in [1.82, 2.24) is 15.5 Å². The van der Waals surface area contributed by atoms with E-state index in [-0.39, 0.29) is 5.82 Å². The highest BCUT2D eigenvalue weighted by Gasteiger charge is 2.22. The van der Waals surface area contributed by atoms with Crippen LogP contribution in [-0.2, 0) is 16.3 Å². The second-order valence-corrected chi connectivity index (χ2v) is 6.74. The molecule has 0 bridgehead atoms. The number of rotatable bonds is 6. The van der Waals surface area contributed by atoms with Gasteiger partial charge in [-0.25, -0.2) is 8.42 Å². The minimum atomic E-state index is -3.18. The van der Waals surface area contributed by atoms with Gasteiger partial charge in [0, 0.05) is 25.3 Å². The molecule has 1 heterocycles. The van der Waals surface area contributed by atoms with E-state index in [0.717, 1.165) is 12.8 Å². The monoisotopic (exact) mass is 261 g/mol. The summed E-state index contributed by atoms with van der Waals surface area (Å²) in [4.78, 5) is 4.08. The van der Waals surface area contributed by atoms with E-state index < -0.39 is 15.1 Å². The highest BCUT2D eigenvalue weighted by molar-refractivity contribution is 7.90. The maximum atomic E-state index is 11.3. The molecule has 0 saturated carbocycles. The van der Waals surface area contributed by atoms with Crippen LogP contribution in [0.5, 0.6) is 0 Å². The summed E-state index contributed by atoms with van der Waals surface area (Å²) in [6, 6.07) is 0.396. The lowest BCUT2D eigenvalue weighted by Crippen LogP contribution is -2.25. The Morgan fingerprint density at radius 1 is 1.35 bits per heavy atom. The SMILES string of the molecule is CC(C)NCCc1nc(C(C)S(C)(=O)=O)no1. The van der Waals surface area contributed by atoms with Gasteiger partial charge in [-0.1, -0.05) is 19.0 Å². The first-order chi connectivity index (χ1) is 7.80. The summed E-state index contributed by atoms with van der Waals surface area (Å²) in [5.74, 6) is 0.690. The van der Waals surface area contributed by atoms with Crippen LogP contribution in [0, 0.1) is 0 Å². The van der Waals surface area contributed by atoms with Crippen molar-refractivity contribution in [2.45, 2.75) is 38.5 Å². The predicted molar refractivity (Wildman–Crippen MR) is 64.4 cm³/mol. The van der Waals surface area contributed by atoms with Gasteiger partial charge in [0.2, 0.25) is 5.89 Å². The lowest BCUT2D eigenvalue weighted by molar-refractivity contribution is 0.368. The summed E-state index contributed by atoms with van der Waals surface area (Å²) >= 11 is 0. The van der Waals surface area contributed by atoms with Crippen molar-refractivity contribution in [3.63, 3.8) is 0 Å². The zero-order valence-electron chi connectivity index (χ0n) is 10.6. The average molecular weight is 261 g/mol. The van der Waals surface area contributed by atoms with E-state index in [1.165, 1.54) is 0 Å². The quantitative estimate of drug-likeness (QED) is 0.812. The van der Waals surface area contributed by atoms with Crippen LogP contribution in [0.4, 0.5) is 0 Å². The van der Waals surface area contributed by atoms with E-state index >= 15 is 0 Å². The molecule has 7 heteroatoms. The van der Waals surface area contributed by atoms with Gasteiger partial charge in [-0.15, -0.1) is 0 Å². The van der Waals surface area contributed by atoms with Crippen molar-refractivity contribution < 1.29 is 12.9 Å². The molecule has 0 amide bonds. The highest BCUT2D eigenvalue weighted by Crippen LogP contribution is 2.17. The van der Waals surface area contributed by atoms with Gasteiger partial charge in [-0.05, 0) is 6.92 Å². The first-order valence-corrected chi connectivity index (χ1v) is 7.51. The van der Waals surface area contributed by atoms with E-state index in [1.54, 1.807) is 6.92 Å². The molecule has 0 aromatic carbocycles. The van der Waals surface area contributed by atoms with Crippen molar-refractivity contribution in [2.24, 2.45) is 0 Å². The molecule has 0 fully saturated rings. The molecule has 1 N–H and O–H groups in total. The molecule has 1 atom stereocenters. The van der Waals surface area contributed by atoms with Gasteiger partial charge in [-0.3, -0.25) is 0 Å². The Labute approximate surface area is 102 Å². The lowest BCUT2D eigenvalue weighted by atomic mass is 10.3. The fraction of sp³-hybridized carbons (Fsp3) is 0.800. The van der Waals surface area contributed by atoms with Crippen molar-refractivity contribution in [3.05, 3.63) is 11.7 Å². The Bertz CT molecular complexity index is 453. The predicted octanol–water partition coefficient (Wildman–Crippen LogP) is 0.716. The summed E-state index contributed by atoms with van der Waals surface area (Å²) in [5, 5.41) is 6.18. The van der Waals surface area contributed by atoms with Gasteiger partial charge >= 0.3 is 0 Å². The van der Waals surface area contributed by atoms with E-state index in [0.29, 0.717) is 18.4 Å². The smallest absolute Gasteiger partial charge is 0.227 e. The first-order valence-electron chi connectivity index (χ1n) is 5.55. The Morgan fingerprint density at radius 2 is 2.00 bits per heavy atom. The molecule has 98 valence electrons. The fourth-order valence-corrected chi connectivity index (χ4v) is 1.67. The molecule has 1 aromatic rings. The summed E-state index contributed by atoms with van der Waals surface area (Å²) in [5.41, 5.74) is 0. The summed E-state index contributed by atoms with van der Waals surface area (Å²) in [6.45, 7) is 6.37. The normalized spacial score (nSPS) is 14.2. The Balaban J connectivity index is 2.60. The van der Waals surface area contributed by atoms with Crippen LogP contribution in [0.25, 0.3) is 0 Å². The van der Waals surface area contributed by atoms with E-state index in [4.69, 9.17) is 4.52 Å².